The molecule has 0 bridgehead atoms. The van der Waals surface area contributed by atoms with Crippen LogP contribution in [0.15, 0.2) is 24.4 Å². The van der Waals surface area contributed by atoms with E-state index in [1.165, 1.54) is 0 Å². The highest BCUT2D eigenvalue weighted by atomic mass is 35.5. The van der Waals surface area contributed by atoms with Crippen molar-refractivity contribution in [1.29, 1.82) is 0 Å². The number of imidazole rings is 1. The van der Waals surface area contributed by atoms with Gasteiger partial charge in [0.15, 0.2) is 0 Å². The second kappa shape index (κ2) is 5.52. The van der Waals surface area contributed by atoms with Gasteiger partial charge in [-0.15, -0.1) is 11.6 Å². The van der Waals surface area contributed by atoms with Crippen LogP contribution in [0.5, 0.6) is 0 Å². The zero-order valence-electron chi connectivity index (χ0n) is 11.5. The van der Waals surface area contributed by atoms with Gasteiger partial charge in [-0.05, 0) is 25.1 Å². The first-order valence-electron chi connectivity index (χ1n) is 6.43. The lowest BCUT2D eigenvalue weighted by Gasteiger charge is -2.11. The molecule has 2 aromatic heterocycles. The minimum Gasteiger partial charge on any atom is -0.321 e. The number of halogens is 3. The van der Waals surface area contributed by atoms with Crippen molar-refractivity contribution in [3.63, 3.8) is 0 Å². The van der Waals surface area contributed by atoms with Gasteiger partial charge in [-0.2, -0.15) is 5.10 Å². The highest BCUT2D eigenvalue weighted by Gasteiger charge is 2.17. The van der Waals surface area contributed by atoms with Gasteiger partial charge in [-0.1, -0.05) is 23.2 Å². The molecular formula is C14H13Cl3N4. The highest BCUT2D eigenvalue weighted by Crippen LogP contribution is 2.31. The average Bonchev–Trinajstić information content (AvgIpc) is 2.97. The molecule has 21 heavy (non-hydrogen) atoms. The van der Waals surface area contributed by atoms with Gasteiger partial charge in [0.25, 0.3) is 0 Å². The monoisotopic (exact) mass is 342 g/mol. The van der Waals surface area contributed by atoms with Crippen LogP contribution in [-0.2, 0) is 13.6 Å². The van der Waals surface area contributed by atoms with E-state index < -0.39 is 0 Å². The van der Waals surface area contributed by atoms with E-state index in [9.17, 15) is 0 Å². The molecule has 0 amide bonds. The standard InChI is InChI=1S/C14H13Cl3N4/c1-8(15)14-19-12-5-10(16)11(17)6-13(12)21(14)7-9-3-4-18-20(9)2/h3-6,8H,7H2,1-2H3. The van der Waals surface area contributed by atoms with E-state index in [0.717, 1.165) is 22.6 Å². The summed E-state index contributed by atoms with van der Waals surface area (Å²) >= 11 is 18.5. The zero-order valence-corrected chi connectivity index (χ0v) is 13.8. The molecule has 0 fully saturated rings. The van der Waals surface area contributed by atoms with E-state index in [1.54, 1.807) is 12.3 Å². The fraction of sp³-hybridized carbons (Fsp3) is 0.286. The third-order valence-electron chi connectivity index (χ3n) is 3.42. The van der Waals surface area contributed by atoms with E-state index in [2.05, 4.69) is 10.1 Å². The molecule has 0 aliphatic rings. The molecular weight excluding hydrogens is 331 g/mol. The summed E-state index contributed by atoms with van der Waals surface area (Å²) in [6.45, 7) is 2.52. The number of hydrogen-bond donors (Lipinski definition) is 0. The summed E-state index contributed by atoms with van der Waals surface area (Å²) in [6, 6.07) is 5.55. The van der Waals surface area contributed by atoms with Gasteiger partial charge in [-0.25, -0.2) is 4.98 Å². The third-order valence-corrected chi connectivity index (χ3v) is 4.34. The topological polar surface area (TPSA) is 35.6 Å². The number of aryl methyl sites for hydroxylation is 1. The summed E-state index contributed by atoms with van der Waals surface area (Å²) in [5.41, 5.74) is 2.75. The SMILES string of the molecule is CC(Cl)c1nc2cc(Cl)c(Cl)cc2n1Cc1ccnn1C. The van der Waals surface area contributed by atoms with Crippen LogP contribution in [0.1, 0.15) is 23.8 Å². The predicted octanol–water partition coefficient (Wildman–Crippen LogP) is 4.42. The number of hydrogen-bond acceptors (Lipinski definition) is 2. The van der Waals surface area contributed by atoms with Crippen LogP contribution in [0.2, 0.25) is 10.0 Å². The van der Waals surface area contributed by atoms with Crippen molar-refractivity contribution in [2.75, 3.05) is 0 Å². The summed E-state index contributed by atoms with van der Waals surface area (Å²) in [5.74, 6) is 0.784. The van der Waals surface area contributed by atoms with Crippen LogP contribution in [-0.4, -0.2) is 19.3 Å². The first kappa shape index (κ1) is 14.7. The summed E-state index contributed by atoms with van der Waals surface area (Å²) in [6.07, 6.45) is 1.77. The van der Waals surface area contributed by atoms with E-state index in [1.807, 2.05) is 35.4 Å². The number of benzene rings is 1. The van der Waals surface area contributed by atoms with E-state index in [4.69, 9.17) is 34.8 Å². The molecule has 7 heteroatoms. The molecule has 4 nitrogen and oxygen atoms in total. The molecule has 0 spiro atoms. The molecule has 0 N–H and O–H groups in total. The highest BCUT2D eigenvalue weighted by molar-refractivity contribution is 6.42. The maximum absolute atomic E-state index is 6.27. The quantitative estimate of drug-likeness (QED) is 0.660. The van der Waals surface area contributed by atoms with Crippen molar-refractivity contribution in [2.24, 2.45) is 7.05 Å². The molecule has 2 heterocycles. The molecule has 3 rings (SSSR count). The fourth-order valence-corrected chi connectivity index (χ4v) is 2.81. The molecule has 1 atom stereocenters. The Balaban J connectivity index is 2.20. The van der Waals surface area contributed by atoms with Gasteiger partial charge in [0, 0.05) is 13.2 Å². The van der Waals surface area contributed by atoms with Gasteiger partial charge >= 0.3 is 0 Å². The van der Waals surface area contributed by atoms with Crippen LogP contribution in [0.3, 0.4) is 0 Å². The second-order valence-electron chi connectivity index (χ2n) is 4.87. The molecule has 0 aliphatic heterocycles. The molecule has 0 radical (unpaired) electrons. The van der Waals surface area contributed by atoms with Crippen molar-refractivity contribution in [3.8, 4) is 0 Å². The predicted molar refractivity (Wildman–Crippen MR) is 86.3 cm³/mol. The molecule has 0 saturated carbocycles. The van der Waals surface area contributed by atoms with Gasteiger partial charge in [-0.3, -0.25) is 4.68 Å². The Morgan fingerprint density at radius 3 is 2.57 bits per heavy atom. The number of fused-ring (bicyclic) bond motifs is 1. The Labute approximate surface area is 137 Å². The van der Waals surface area contributed by atoms with Crippen LogP contribution >= 0.6 is 34.8 Å². The molecule has 1 aromatic carbocycles. The molecule has 0 saturated heterocycles. The first-order chi connectivity index (χ1) is 9.97. The van der Waals surface area contributed by atoms with Crippen LogP contribution < -0.4 is 0 Å². The minimum absolute atomic E-state index is 0.219. The summed E-state index contributed by atoms with van der Waals surface area (Å²) in [7, 11) is 1.90. The number of alkyl halides is 1. The van der Waals surface area contributed by atoms with E-state index in [0.29, 0.717) is 16.6 Å². The summed E-state index contributed by atoms with van der Waals surface area (Å²) in [4.78, 5) is 4.58. The Morgan fingerprint density at radius 2 is 1.95 bits per heavy atom. The molecule has 110 valence electrons. The van der Waals surface area contributed by atoms with Gasteiger partial charge in [0.1, 0.15) is 5.82 Å². The van der Waals surface area contributed by atoms with Crippen LogP contribution in [0.4, 0.5) is 0 Å². The van der Waals surface area contributed by atoms with E-state index >= 15 is 0 Å². The molecule has 0 aliphatic carbocycles. The lowest BCUT2D eigenvalue weighted by atomic mass is 10.3. The van der Waals surface area contributed by atoms with Gasteiger partial charge in [0.2, 0.25) is 0 Å². The van der Waals surface area contributed by atoms with Crippen molar-refractivity contribution in [3.05, 3.63) is 46.0 Å². The van der Waals surface area contributed by atoms with E-state index in [-0.39, 0.29) is 5.38 Å². The van der Waals surface area contributed by atoms with Crippen molar-refractivity contribution < 1.29 is 0 Å². The van der Waals surface area contributed by atoms with Gasteiger partial charge in [0.05, 0.1) is 38.7 Å². The van der Waals surface area contributed by atoms with Crippen molar-refractivity contribution >= 4 is 45.8 Å². The van der Waals surface area contributed by atoms with Crippen molar-refractivity contribution in [1.82, 2.24) is 19.3 Å². The third kappa shape index (κ3) is 2.63. The molecule has 1 unspecified atom stereocenters. The van der Waals surface area contributed by atoms with Gasteiger partial charge < -0.3 is 4.57 Å². The van der Waals surface area contributed by atoms with Crippen LogP contribution in [0.25, 0.3) is 11.0 Å². The maximum atomic E-state index is 6.27. The Bertz CT molecular complexity index is 804. The fourth-order valence-electron chi connectivity index (χ4n) is 2.33. The molecule has 3 aromatic rings. The largest absolute Gasteiger partial charge is 0.321 e. The smallest absolute Gasteiger partial charge is 0.128 e. The minimum atomic E-state index is -0.219. The zero-order chi connectivity index (χ0) is 15.1. The Hall–Kier alpha value is -1.23. The number of aromatic nitrogens is 4. The number of nitrogens with zero attached hydrogens (tertiary/aromatic N) is 4. The Morgan fingerprint density at radius 1 is 1.24 bits per heavy atom. The lowest BCUT2D eigenvalue weighted by Crippen LogP contribution is -2.09. The first-order valence-corrected chi connectivity index (χ1v) is 7.62. The second-order valence-corrected chi connectivity index (χ2v) is 6.34. The summed E-state index contributed by atoms with van der Waals surface area (Å²) < 4.78 is 3.87. The summed E-state index contributed by atoms with van der Waals surface area (Å²) in [5, 5.41) is 4.96. The Kier molecular flexibility index (Phi) is 3.86. The van der Waals surface area contributed by atoms with Crippen molar-refractivity contribution in [2.45, 2.75) is 18.8 Å². The maximum Gasteiger partial charge on any atom is 0.128 e. The normalized spacial score (nSPS) is 13.0. The van der Waals surface area contributed by atoms with Crippen LogP contribution in [0, 0.1) is 0 Å². The average molecular weight is 344 g/mol. The lowest BCUT2D eigenvalue weighted by molar-refractivity contribution is 0.654. The number of rotatable bonds is 3.